The van der Waals surface area contributed by atoms with E-state index in [1.165, 1.54) is 0 Å². The summed E-state index contributed by atoms with van der Waals surface area (Å²) in [7, 11) is 0. The molecule has 1 saturated heterocycles. The SMILES string of the molecule is CCOC(=O)[C@@H]1C[C@H](C)N1. The van der Waals surface area contributed by atoms with Gasteiger partial charge in [0.15, 0.2) is 0 Å². The average molecular weight is 143 g/mol. The van der Waals surface area contributed by atoms with Crippen LogP contribution in [0.1, 0.15) is 20.3 Å². The maximum Gasteiger partial charge on any atom is 0.323 e. The fourth-order valence-electron chi connectivity index (χ4n) is 1.08. The number of rotatable bonds is 2. The lowest BCUT2D eigenvalue weighted by Gasteiger charge is -2.32. The molecule has 3 nitrogen and oxygen atoms in total. The first-order chi connectivity index (χ1) is 4.74. The van der Waals surface area contributed by atoms with Crippen LogP contribution in [0.2, 0.25) is 0 Å². The summed E-state index contributed by atoms with van der Waals surface area (Å²) in [4.78, 5) is 10.9. The highest BCUT2D eigenvalue weighted by Gasteiger charge is 2.31. The molecule has 0 aromatic rings. The Bertz CT molecular complexity index is 130. The summed E-state index contributed by atoms with van der Waals surface area (Å²) in [5, 5.41) is 3.05. The second kappa shape index (κ2) is 3.01. The van der Waals surface area contributed by atoms with Gasteiger partial charge in [0.2, 0.25) is 0 Å². The number of carbonyl (C=O) groups is 1. The summed E-state index contributed by atoms with van der Waals surface area (Å²) in [5.41, 5.74) is 0. The van der Waals surface area contributed by atoms with Crippen LogP contribution in [0, 0.1) is 0 Å². The summed E-state index contributed by atoms with van der Waals surface area (Å²) in [6.07, 6.45) is 0.916. The van der Waals surface area contributed by atoms with Crippen LogP contribution < -0.4 is 5.32 Å². The molecule has 2 atom stereocenters. The van der Waals surface area contributed by atoms with Crippen molar-refractivity contribution < 1.29 is 9.53 Å². The molecule has 1 heterocycles. The molecule has 1 aliphatic rings. The molecule has 0 radical (unpaired) electrons. The maximum atomic E-state index is 10.9. The van der Waals surface area contributed by atoms with Gasteiger partial charge in [-0.2, -0.15) is 0 Å². The molecule has 0 spiro atoms. The van der Waals surface area contributed by atoms with Crippen molar-refractivity contribution in [3.8, 4) is 0 Å². The molecule has 1 aliphatic heterocycles. The van der Waals surface area contributed by atoms with E-state index < -0.39 is 0 Å². The summed E-state index contributed by atoms with van der Waals surface area (Å²) < 4.78 is 4.79. The second-order valence-corrected chi connectivity index (χ2v) is 2.61. The lowest BCUT2D eigenvalue weighted by Crippen LogP contribution is -2.55. The third kappa shape index (κ3) is 1.48. The number of hydrogen-bond donors (Lipinski definition) is 1. The Balaban J connectivity index is 2.18. The molecule has 0 bridgehead atoms. The van der Waals surface area contributed by atoms with Crippen molar-refractivity contribution in [1.82, 2.24) is 5.32 Å². The minimum Gasteiger partial charge on any atom is -0.465 e. The predicted molar refractivity (Wildman–Crippen MR) is 37.6 cm³/mol. The second-order valence-electron chi connectivity index (χ2n) is 2.61. The Morgan fingerprint density at radius 1 is 1.80 bits per heavy atom. The van der Waals surface area contributed by atoms with Crippen molar-refractivity contribution in [3.63, 3.8) is 0 Å². The predicted octanol–water partition coefficient (Wildman–Crippen LogP) is 0.300. The number of esters is 1. The fraction of sp³-hybridized carbons (Fsp3) is 0.857. The lowest BCUT2D eigenvalue weighted by molar-refractivity contribution is -0.148. The van der Waals surface area contributed by atoms with E-state index in [2.05, 4.69) is 12.2 Å². The van der Waals surface area contributed by atoms with E-state index in [1.54, 1.807) is 0 Å². The zero-order valence-corrected chi connectivity index (χ0v) is 6.39. The molecule has 3 heteroatoms. The van der Waals surface area contributed by atoms with Gasteiger partial charge in [0.25, 0.3) is 0 Å². The standard InChI is InChI=1S/C7H13NO2/c1-3-10-7(9)6-4-5(2)8-6/h5-6,8H,3-4H2,1-2H3/t5-,6-/m0/s1. The first-order valence-electron chi connectivity index (χ1n) is 3.66. The number of hydrogen-bond acceptors (Lipinski definition) is 3. The van der Waals surface area contributed by atoms with E-state index in [9.17, 15) is 4.79 Å². The zero-order chi connectivity index (χ0) is 7.56. The van der Waals surface area contributed by atoms with Crippen LogP contribution >= 0.6 is 0 Å². The van der Waals surface area contributed by atoms with Crippen LogP contribution in [-0.2, 0) is 9.53 Å². The molecule has 0 saturated carbocycles. The van der Waals surface area contributed by atoms with Crippen LogP contribution in [0.25, 0.3) is 0 Å². The van der Waals surface area contributed by atoms with E-state index in [1.807, 2.05) is 6.92 Å². The normalized spacial score (nSPS) is 31.0. The molecule has 0 aromatic heterocycles. The van der Waals surface area contributed by atoms with Crippen LogP contribution in [0.4, 0.5) is 0 Å². The highest BCUT2D eigenvalue weighted by Crippen LogP contribution is 2.11. The van der Waals surface area contributed by atoms with E-state index in [0.29, 0.717) is 12.6 Å². The fourth-order valence-corrected chi connectivity index (χ4v) is 1.08. The van der Waals surface area contributed by atoms with Crippen LogP contribution in [0.5, 0.6) is 0 Å². The monoisotopic (exact) mass is 143 g/mol. The minimum atomic E-state index is -0.111. The van der Waals surface area contributed by atoms with Crippen molar-refractivity contribution >= 4 is 5.97 Å². The highest BCUT2D eigenvalue weighted by atomic mass is 16.5. The van der Waals surface area contributed by atoms with Crippen molar-refractivity contribution in [3.05, 3.63) is 0 Å². The van der Waals surface area contributed by atoms with Crippen LogP contribution in [0.15, 0.2) is 0 Å². The van der Waals surface area contributed by atoms with Crippen molar-refractivity contribution in [2.75, 3.05) is 6.61 Å². The Morgan fingerprint density at radius 2 is 2.40 bits per heavy atom. The Hall–Kier alpha value is -0.570. The van der Waals surface area contributed by atoms with Gasteiger partial charge in [-0.1, -0.05) is 0 Å². The molecule has 0 aromatic carbocycles. The molecule has 0 amide bonds. The molecule has 0 unspecified atom stereocenters. The summed E-state index contributed by atoms with van der Waals surface area (Å²) in [6, 6.07) is 0.448. The molecule has 0 aliphatic carbocycles. The van der Waals surface area contributed by atoms with Gasteiger partial charge in [-0.3, -0.25) is 4.79 Å². The van der Waals surface area contributed by atoms with Gasteiger partial charge in [-0.15, -0.1) is 0 Å². The third-order valence-corrected chi connectivity index (χ3v) is 1.65. The van der Waals surface area contributed by atoms with Crippen LogP contribution in [-0.4, -0.2) is 24.7 Å². The van der Waals surface area contributed by atoms with Gasteiger partial charge in [-0.05, 0) is 20.3 Å². The van der Waals surface area contributed by atoms with E-state index in [4.69, 9.17) is 4.74 Å². The first-order valence-corrected chi connectivity index (χ1v) is 3.66. The topological polar surface area (TPSA) is 38.3 Å². The molecule has 1 N–H and O–H groups in total. The van der Waals surface area contributed by atoms with Gasteiger partial charge in [0, 0.05) is 6.04 Å². The smallest absolute Gasteiger partial charge is 0.323 e. The summed E-state index contributed by atoms with van der Waals surface area (Å²) in [5.74, 6) is -0.111. The van der Waals surface area contributed by atoms with Gasteiger partial charge in [-0.25, -0.2) is 0 Å². The molecule has 1 rings (SSSR count). The van der Waals surface area contributed by atoms with Crippen molar-refractivity contribution in [1.29, 1.82) is 0 Å². The third-order valence-electron chi connectivity index (χ3n) is 1.65. The number of carbonyl (C=O) groups excluding carboxylic acids is 1. The number of ether oxygens (including phenoxy) is 1. The zero-order valence-electron chi connectivity index (χ0n) is 6.39. The molecule has 1 fully saturated rings. The van der Waals surface area contributed by atoms with Crippen molar-refractivity contribution in [2.45, 2.75) is 32.4 Å². The Labute approximate surface area is 60.7 Å². The Kier molecular flexibility index (Phi) is 2.27. The van der Waals surface area contributed by atoms with Gasteiger partial charge in [0.1, 0.15) is 6.04 Å². The quantitative estimate of drug-likeness (QED) is 0.565. The molecular weight excluding hydrogens is 130 g/mol. The van der Waals surface area contributed by atoms with E-state index in [-0.39, 0.29) is 12.0 Å². The summed E-state index contributed by atoms with van der Waals surface area (Å²) >= 11 is 0. The average Bonchev–Trinajstić information content (AvgIpc) is 1.82. The van der Waals surface area contributed by atoms with Crippen LogP contribution in [0.3, 0.4) is 0 Å². The van der Waals surface area contributed by atoms with Crippen molar-refractivity contribution in [2.24, 2.45) is 0 Å². The molecule has 58 valence electrons. The minimum absolute atomic E-state index is 0.0325. The lowest BCUT2D eigenvalue weighted by atomic mass is 9.99. The van der Waals surface area contributed by atoms with Gasteiger partial charge >= 0.3 is 5.97 Å². The molecular formula is C7H13NO2. The summed E-state index contributed by atoms with van der Waals surface area (Å²) in [6.45, 7) is 4.35. The first kappa shape index (κ1) is 7.54. The van der Waals surface area contributed by atoms with E-state index in [0.717, 1.165) is 6.42 Å². The number of nitrogens with one attached hydrogen (secondary N) is 1. The molecule has 10 heavy (non-hydrogen) atoms. The largest absolute Gasteiger partial charge is 0.465 e. The van der Waals surface area contributed by atoms with E-state index >= 15 is 0 Å². The van der Waals surface area contributed by atoms with Gasteiger partial charge in [0.05, 0.1) is 6.61 Å². The Morgan fingerprint density at radius 3 is 2.80 bits per heavy atom. The van der Waals surface area contributed by atoms with Gasteiger partial charge < -0.3 is 10.1 Å². The highest BCUT2D eigenvalue weighted by molar-refractivity contribution is 5.76. The maximum absolute atomic E-state index is 10.9.